The molecule has 1 saturated heterocycles. The van der Waals surface area contributed by atoms with Gasteiger partial charge in [0.15, 0.2) is 0 Å². The number of anilines is 1. The number of carbonyl (C=O) groups is 1. The van der Waals surface area contributed by atoms with Gasteiger partial charge in [-0.05, 0) is 12.1 Å². The lowest BCUT2D eigenvalue weighted by atomic mass is 10.1. The Bertz CT molecular complexity index is 601. The van der Waals surface area contributed by atoms with Crippen LogP contribution in [0.4, 0.5) is 10.5 Å². The molecular weight excluding hydrogens is 242 g/mol. The first-order valence-electron chi connectivity index (χ1n) is 6.32. The second-order valence-electron chi connectivity index (χ2n) is 4.60. The third-order valence-electron chi connectivity index (χ3n) is 3.52. The molecule has 1 aromatic heterocycles. The highest BCUT2D eigenvalue weighted by atomic mass is 16.4. The highest BCUT2D eigenvalue weighted by Crippen LogP contribution is 2.25. The number of pyridine rings is 1. The van der Waals surface area contributed by atoms with Gasteiger partial charge < -0.3 is 14.9 Å². The molecular formula is C14H15N3O2. The van der Waals surface area contributed by atoms with Gasteiger partial charge in [0.2, 0.25) is 0 Å². The summed E-state index contributed by atoms with van der Waals surface area (Å²) in [6.07, 6.45) is 0.973. The van der Waals surface area contributed by atoms with Crippen molar-refractivity contribution in [3.63, 3.8) is 0 Å². The number of nitrogens with zero attached hydrogens (tertiary/aromatic N) is 3. The number of benzene rings is 1. The fourth-order valence-electron chi connectivity index (χ4n) is 2.50. The van der Waals surface area contributed by atoms with Gasteiger partial charge >= 0.3 is 6.09 Å². The lowest BCUT2D eigenvalue weighted by Crippen LogP contribution is -2.48. The van der Waals surface area contributed by atoms with Gasteiger partial charge in [0.05, 0.1) is 5.52 Å². The maximum atomic E-state index is 10.9. The number of hydrogen-bond acceptors (Lipinski definition) is 3. The number of hydrogen-bond donors (Lipinski definition) is 1. The lowest BCUT2D eigenvalue weighted by Gasteiger charge is -2.35. The van der Waals surface area contributed by atoms with E-state index in [0.717, 1.165) is 29.7 Å². The Morgan fingerprint density at radius 3 is 2.58 bits per heavy atom. The lowest BCUT2D eigenvalue weighted by molar-refractivity contribution is 0.142. The molecule has 0 unspecified atom stereocenters. The molecule has 2 heterocycles. The molecule has 1 aromatic carbocycles. The summed E-state index contributed by atoms with van der Waals surface area (Å²) in [7, 11) is 0. The van der Waals surface area contributed by atoms with Crippen LogP contribution in [0.3, 0.4) is 0 Å². The quantitative estimate of drug-likeness (QED) is 0.849. The van der Waals surface area contributed by atoms with Crippen molar-refractivity contribution in [3.8, 4) is 0 Å². The third-order valence-corrected chi connectivity index (χ3v) is 3.52. The van der Waals surface area contributed by atoms with E-state index in [0.29, 0.717) is 13.1 Å². The minimum absolute atomic E-state index is 0.548. The molecule has 5 heteroatoms. The van der Waals surface area contributed by atoms with Gasteiger partial charge in [-0.15, -0.1) is 0 Å². The summed E-state index contributed by atoms with van der Waals surface area (Å²) in [6.45, 7) is 2.54. The van der Waals surface area contributed by atoms with Crippen LogP contribution in [0.15, 0.2) is 36.5 Å². The Kier molecular flexibility index (Phi) is 2.95. The second kappa shape index (κ2) is 4.76. The monoisotopic (exact) mass is 257 g/mol. The van der Waals surface area contributed by atoms with Crippen molar-refractivity contribution < 1.29 is 9.90 Å². The number of para-hydroxylation sites is 1. The minimum Gasteiger partial charge on any atom is -0.465 e. The summed E-state index contributed by atoms with van der Waals surface area (Å²) in [6, 6.07) is 10.0. The normalized spacial score (nSPS) is 15.8. The van der Waals surface area contributed by atoms with Gasteiger partial charge in [0, 0.05) is 43.4 Å². The fourth-order valence-corrected chi connectivity index (χ4v) is 2.50. The van der Waals surface area contributed by atoms with E-state index in [9.17, 15) is 4.79 Å². The van der Waals surface area contributed by atoms with E-state index in [1.54, 1.807) is 6.20 Å². The molecule has 1 aliphatic rings. The van der Waals surface area contributed by atoms with Gasteiger partial charge in [-0.2, -0.15) is 0 Å². The molecule has 1 N–H and O–H groups in total. The Hall–Kier alpha value is -2.30. The first-order chi connectivity index (χ1) is 9.25. The Morgan fingerprint density at radius 1 is 1.11 bits per heavy atom. The Balaban J connectivity index is 1.88. The highest BCUT2D eigenvalue weighted by Gasteiger charge is 2.21. The van der Waals surface area contributed by atoms with E-state index in [1.807, 2.05) is 24.3 Å². The first kappa shape index (κ1) is 11.8. The fraction of sp³-hybridized carbons (Fsp3) is 0.286. The van der Waals surface area contributed by atoms with Crippen LogP contribution in [0, 0.1) is 0 Å². The molecule has 1 fully saturated rings. The number of amides is 1. The molecule has 98 valence electrons. The van der Waals surface area contributed by atoms with E-state index >= 15 is 0 Å². The number of piperazine rings is 1. The molecule has 0 spiro atoms. The zero-order valence-corrected chi connectivity index (χ0v) is 10.5. The number of rotatable bonds is 1. The molecule has 3 rings (SSSR count). The van der Waals surface area contributed by atoms with Gasteiger partial charge in [-0.1, -0.05) is 18.2 Å². The number of fused-ring (bicyclic) bond motifs is 1. The van der Waals surface area contributed by atoms with Gasteiger partial charge in [0.25, 0.3) is 0 Å². The standard InChI is InChI=1S/C14H15N3O2/c18-14(19)17-9-7-16(8-10-17)13-5-6-15-12-4-2-1-3-11(12)13/h1-6H,7-10H2,(H,18,19). The van der Waals surface area contributed by atoms with Crippen molar-refractivity contribution in [1.82, 2.24) is 9.88 Å². The molecule has 0 bridgehead atoms. The van der Waals surface area contributed by atoms with Crippen LogP contribution in [0.2, 0.25) is 0 Å². The van der Waals surface area contributed by atoms with Crippen molar-refractivity contribution >= 4 is 22.7 Å². The maximum absolute atomic E-state index is 10.9. The highest BCUT2D eigenvalue weighted by molar-refractivity contribution is 5.91. The first-order valence-corrected chi connectivity index (χ1v) is 6.32. The summed E-state index contributed by atoms with van der Waals surface area (Å²) in [5, 5.41) is 10.1. The van der Waals surface area contributed by atoms with Gasteiger partial charge in [0.1, 0.15) is 0 Å². The van der Waals surface area contributed by atoms with Crippen LogP contribution in [0.25, 0.3) is 10.9 Å². The van der Waals surface area contributed by atoms with Crippen LogP contribution < -0.4 is 4.90 Å². The summed E-state index contributed by atoms with van der Waals surface area (Å²) in [5.74, 6) is 0. The average molecular weight is 257 g/mol. The van der Waals surface area contributed by atoms with E-state index in [1.165, 1.54) is 4.90 Å². The summed E-state index contributed by atoms with van der Waals surface area (Å²) in [5.41, 5.74) is 2.11. The van der Waals surface area contributed by atoms with Crippen LogP contribution in [-0.4, -0.2) is 47.3 Å². The maximum Gasteiger partial charge on any atom is 0.407 e. The topological polar surface area (TPSA) is 56.7 Å². The van der Waals surface area contributed by atoms with Crippen molar-refractivity contribution in [2.24, 2.45) is 0 Å². The summed E-state index contributed by atoms with van der Waals surface area (Å²) in [4.78, 5) is 18.9. The Morgan fingerprint density at radius 2 is 1.84 bits per heavy atom. The summed E-state index contributed by atoms with van der Waals surface area (Å²) < 4.78 is 0. The molecule has 0 atom stereocenters. The molecule has 19 heavy (non-hydrogen) atoms. The van der Waals surface area contributed by atoms with Crippen LogP contribution >= 0.6 is 0 Å². The van der Waals surface area contributed by atoms with Gasteiger partial charge in [-0.3, -0.25) is 4.98 Å². The van der Waals surface area contributed by atoms with Crippen molar-refractivity contribution in [2.45, 2.75) is 0 Å². The van der Waals surface area contributed by atoms with Crippen molar-refractivity contribution in [2.75, 3.05) is 31.1 Å². The van der Waals surface area contributed by atoms with Crippen LogP contribution in [0.5, 0.6) is 0 Å². The molecule has 1 amide bonds. The van der Waals surface area contributed by atoms with Crippen molar-refractivity contribution in [1.29, 1.82) is 0 Å². The van der Waals surface area contributed by atoms with E-state index in [2.05, 4.69) is 16.0 Å². The summed E-state index contributed by atoms with van der Waals surface area (Å²) >= 11 is 0. The van der Waals surface area contributed by atoms with Crippen LogP contribution in [0.1, 0.15) is 0 Å². The zero-order valence-electron chi connectivity index (χ0n) is 10.5. The Labute approximate surface area is 111 Å². The average Bonchev–Trinajstić information content (AvgIpc) is 2.47. The second-order valence-corrected chi connectivity index (χ2v) is 4.60. The third kappa shape index (κ3) is 2.19. The molecule has 2 aromatic rings. The van der Waals surface area contributed by atoms with Crippen LogP contribution in [-0.2, 0) is 0 Å². The smallest absolute Gasteiger partial charge is 0.407 e. The number of aromatic nitrogens is 1. The van der Waals surface area contributed by atoms with Gasteiger partial charge in [-0.25, -0.2) is 4.79 Å². The van der Waals surface area contributed by atoms with E-state index < -0.39 is 6.09 Å². The largest absolute Gasteiger partial charge is 0.465 e. The van der Waals surface area contributed by atoms with E-state index in [4.69, 9.17) is 5.11 Å². The molecule has 0 radical (unpaired) electrons. The van der Waals surface area contributed by atoms with Crippen molar-refractivity contribution in [3.05, 3.63) is 36.5 Å². The molecule has 0 aliphatic carbocycles. The zero-order chi connectivity index (χ0) is 13.2. The molecule has 1 aliphatic heterocycles. The number of carboxylic acid groups (broad SMARTS) is 1. The van der Waals surface area contributed by atoms with E-state index in [-0.39, 0.29) is 0 Å². The predicted molar refractivity (Wildman–Crippen MR) is 73.6 cm³/mol. The predicted octanol–water partition coefficient (Wildman–Crippen LogP) is 2.03. The SMILES string of the molecule is O=C(O)N1CCN(c2ccnc3ccccc23)CC1. The molecule has 5 nitrogen and oxygen atoms in total. The minimum atomic E-state index is -0.834. The molecule has 0 saturated carbocycles.